The van der Waals surface area contributed by atoms with Crippen molar-refractivity contribution in [1.82, 2.24) is 14.5 Å². The van der Waals surface area contributed by atoms with Crippen molar-refractivity contribution >= 4 is 22.6 Å². The third-order valence-electron chi connectivity index (χ3n) is 5.44. The van der Waals surface area contributed by atoms with Gasteiger partial charge in [0.15, 0.2) is 0 Å². The average molecular weight is 392 g/mol. The van der Waals surface area contributed by atoms with Crippen LogP contribution in [-0.2, 0) is 6.42 Å². The van der Waals surface area contributed by atoms with Gasteiger partial charge in [0.1, 0.15) is 12.0 Å². The van der Waals surface area contributed by atoms with Gasteiger partial charge in [0.05, 0.1) is 18.2 Å². The third kappa shape index (κ3) is 3.69. The van der Waals surface area contributed by atoms with Gasteiger partial charge in [-0.3, -0.25) is 0 Å². The first-order valence-corrected chi connectivity index (χ1v) is 9.43. The highest BCUT2D eigenvalue weighted by Gasteiger charge is 2.32. The number of aliphatic hydroxyl groups excluding tert-OH is 1. The van der Waals surface area contributed by atoms with Crippen LogP contribution in [0.1, 0.15) is 42.7 Å². The van der Waals surface area contributed by atoms with Crippen molar-refractivity contribution in [2.24, 2.45) is 5.92 Å². The number of alkyl halides is 2. The summed E-state index contributed by atoms with van der Waals surface area (Å²) in [6, 6.07) is 9.28. The Morgan fingerprint density at radius 1 is 1.15 bits per heavy atom. The van der Waals surface area contributed by atoms with Crippen LogP contribution in [0.15, 0.2) is 42.9 Å². The summed E-state index contributed by atoms with van der Waals surface area (Å²) < 4.78 is 27.6. The summed E-state index contributed by atoms with van der Waals surface area (Å²) in [6.45, 7) is 0. The van der Waals surface area contributed by atoms with Crippen molar-refractivity contribution in [2.45, 2.75) is 44.3 Å². The van der Waals surface area contributed by atoms with E-state index in [-0.39, 0.29) is 18.4 Å². The fraction of sp³-hybridized carbons (Fsp3) is 0.400. The average Bonchev–Trinajstić information content (AvgIpc) is 3.28. The highest BCUT2D eigenvalue weighted by atomic mass is 35.5. The van der Waals surface area contributed by atoms with Gasteiger partial charge in [-0.15, -0.1) is 0 Å². The normalized spacial score (nSPS) is 21.2. The van der Waals surface area contributed by atoms with Gasteiger partial charge in [0, 0.05) is 22.6 Å². The predicted octanol–water partition coefficient (Wildman–Crippen LogP) is 4.97. The third-order valence-corrected chi connectivity index (χ3v) is 5.69. The van der Waals surface area contributed by atoms with E-state index in [1.54, 1.807) is 12.1 Å². The molecule has 7 heteroatoms. The molecule has 2 aromatic heterocycles. The molecule has 0 bridgehead atoms. The Morgan fingerprint density at radius 3 is 2.67 bits per heavy atom. The number of hydrogen-bond donors (Lipinski definition) is 1. The zero-order chi connectivity index (χ0) is 19.0. The maximum absolute atomic E-state index is 12.8. The molecule has 1 N–H and O–H groups in total. The van der Waals surface area contributed by atoms with Crippen LogP contribution in [0.3, 0.4) is 0 Å². The molecule has 3 aromatic rings. The molecule has 27 heavy (non-hydrogen) atoms. The van der Waals surface area contributed by atoms with E-state index in [2.05, 4.69) is 9.97 Å². The molecule has 1 saturated carbocycles. The smallest absolute Gasteiger partial charge is 0.244 e. The second kappa shape index (κ2) is 7.52. The number of benzene rings is 1. The molecule has 142 valence electrons. The number of aromatic nitrogens is 3. The summed E-state index contributed by atoms with van der Waals surface area (Å²) in [4.78, 5) is 8.34. The largest absolute Gasteiger partial charge is 0.388 e. The Hall–Kier alpha value is -2.05. The Kier molecular flexibility index (Phi) is 5.10. The van der Waals surface area contributed by atoms with Crippen LogP contribution in [0, 0.1) is 5.92 Å². The summed E-state index contributed by atoms with van der Waals surface area (Å²) in [5, 5.41) is 12.0. The summed E-state index contributed by atoms with van der Waals surface area (Å²) in [5.74, 6) is 0.135. The van der Waals surface area contributed by atoms with E-state index in [0.29, 0.717) is 21.7 Å². The van der Waals surface area contributed by atoms with Crippen LogP contribution in [0.5, 0.6) is 0 Å². The second-order valence-corrected chi connectivity index (χ2v) is 7.54. The molecule has 0 aliphatic heterocycles. The van der Waals surface area contributed by atoms with Gasteiger partial charge in [-0.25, -0.2) is 18.7 Å². The monoisotopic (exact) mass is 391 g/mol. The van der Waals surface area contributed by atoms with Crippen molar-refractivity contribution in [3.8, 4) is 0 Å². The van der Waals surface area contributed by atoms with Gasteiger partial charge in [-0.1, -0.05) is 23.7 Å². The molecule has 1 aromatic carbocycles. The molecular weight excluding hydrogens is 372 g/mol. The molecule has 1 aliphatic carbocycles. The van der Waals surface area contributed by atoms with Crippen molar-refractivity contribution in [2.75, 3.05) is 0 Å². The maximum Gasteiger partial charge on any atom is 0.244 e. The maximum atomic E-state index is 12.8. The van der Waals surface area contributed by atoms with Gasteiger partial charge in [0.2, 0.25) is 6.43 Å². The quantitative estimate of drug-likeness (QED) is 0.668. The molecule has 0 amide bonds. The van der Waals surface area contributed by atoms with Crippen LogP contribution in [-0.4, -0.2) is 26.1 Å². The van der Waals surface area contributed by atoms with Gasteiger partial charge < -0.3 is 9.67 Å². The number of fused-ring (bicyclic) bond motifs is 1. The molecule has 4 nitrogen and oxygen atoms in total. The summed E-state index contributed by atoms with van der Waals surface area (Å²) >= 11 is 5.92. The summed E-state index contributed by atoms with van der Waals surface area (Å²) in [6.07, 6.45) is 2.51. The number of halogens is 3. The SMILES string of the molecule is OC(c1ccc(Cl)cc1)C1CCC(n2ccc3c(CC(F)F)ncnc32)C1. The van der Waals surface area contributed by atoms with Crippen LogP contribution in [0.2, 0.25) is 5.02 Å². The van der Waals surface area contributed by atoms with Gasteiger partial charge >= 0.3 is 0 Å². The minimum Gasteiger partial charge on any atom is -0.388 e. The molecule has 1 aliphatic rings. The van der Waals surface area contributed by atoms with Crippen molar-refractivity contribution in [3.05, 3.63) is 59.1 Å². The Morgan fingerprint density at radius 2 is 1.93 bits per heavy atom. The molecule has 0 radical (unpaired) electrons. The first-order chi connectivity index (χ1) is 13.0. The van der Waals surface area contributed by atoms with Crippen LogP contribution in [0.4, 0.5) is 8.78 Å². The lowest BCUT2D eigenvalue weighted by atomic mass is 9.94. The molecule has 2 heterocycles. The zero-order valence-corrected chi connectivity index (χ0v) is 15.4. The number of aliphatic hydroxyl groups is 1. The predicted molar refractivity (Wildman–Crippen MR) is 100 cm³/mol. The lowest BCUT2D eigenvalue weighted by molar-refractivity contribution is 0.109. The minimum atomic E-state index is -2.43. The van der Waals surface area contributed by atoms with E-state index in [9.17, 15) is 13.9 Å². The molecule has 3 unspecified atom stereocenters. The summed E-state index contributed by atoms with van der Waals surface area (Å²) in [5.41, 5.74) is 1.93. The highest BCUT2D eigenvalue weighted by molar-refractivity contribution is 6.30. The van der Waals surface area contributed by atoms with E-state index in [0.717, 1.165) is 24.8 Å². The van der Waals surface area contributed by atoms with E-state index in [1.807, 2.05) is 29.0 Å². The van der Waals surface area contributed by atoms with Gasteiger partial charge in [-0.05, 0) is 48.9 Å². The second-order valence-electron chi connectivity index (χ2n) is 7.10. The Balaban J connectivity index is 1.54. The first kappa shape index (κ1) is 18.3. The van der Waals surface area contributed by atoms with E-state index in [1.165, 1.54) is 6.33 Å². The van der Waals surface area contributed by atoms with Crippen molar-refractivity contribution in [1.29, 1.82) is 0 Å². The van der Waals surface area contributed by atoms with Gasteiger partial charge in [0.25, 0.3) is 0 Å². The van der Waals surface area contributed by atoms with Crippen LogP contribution in [0.25, 0.3) is 11.0 Å². The van der Waals surface area contributed by atoms with Crippen molar-refractivity contribution < 1.29 is 13.9 Å². The Bertz CT molecular complexity index is 929. The number of hydrogen-bond acceptors (Lipinski definition) is 3. The molecular formula is C20H20ClF2N3O. The molecule has 4 rings (SSSR count). The zero-order valence-electron chi connectivity index (χ0n) is 14.6. The topological polar surface area (TPSA) is 50.9 Å². The molecule has 1 fully saturated rings. The fourth-order valence-electron chi connectivity index (χ4n) is 4.09. The van der Waals surface area contributed by atoms with E-state index < -0.39 is 12.5 Å². The summed E-state index contributed by atoms with van der Waals surface area (Å²) in [7, 11) is 0. The van der Waals surface area contributed by atoms with Crippen molar-refractivity contribution in [3.63, 3.8) is 0 Å². The van der Waals surface area contributed by atoms with Crippen LogP contribution >= 0.6 is 11.6 Å². The molecule has 3 atom stereocenters. The first-order valence-electron chi connectivity index (χ1n) is 9.05. The lowest BCUT2D eigenvalue weighted by Crippen LogP contribution is -2.11. The van der Waals surface area contributed by atoms with Gasteiger partial charge in [-0.2, -0.15) is 0 Å². The van der Waals surface area contributed by atoms with E-state index in [4.69, 9.17) is 11.6 Å². The molecule has 0 spiro atoms. The standard InChI is InChI=1S/C20H20ClF2N3O/c21-14-4-1-12(2-5-14)19(27)13-3-6-15(9-13)26-8-7-16-17(10-18(22)23)24-11-25-20(16)26/h1-2,4-5,7-8,11,13,15,18-19,27H,3,6,9-10H2. The highest BCUT2D eigenvalue weighted by Crippen LogP contribution is 2.42. The Labute approximate surface area is 160 Å². The minimum absolute atomic E-state index is 0.135. The fourth-order valence-corrected chi connectivity index (χ4v) is 4.22. The lowest BCUT2D eigenvalue weighted by Gasteiger charge is -2.19. The van der Waals surface area contributed by atoms with E-state index >= 15 is 0 Å². The number of nitrogens with zero attached hydrogens (tertiary/aromatic N) is 3. The van der Waals surface area contributed by atoms with Crippen LogP contribution < -0.4 is 0 Å². The number of rotatable bonds is 5. The molecule has 0 saturated heterocycles.